The summed E-state index contributed by atoms with van der Waals surface area (Å²) >= 11 is 0. The highest BCUT2D eigenvalue weighted by atomic mass is 16.7. The zero-order valence-corrected chi connectivity index (χ0v) is 11.3. The quantitative estimate of drug-likeness (QED) is 0.683. The van der Waals surface area contributed by atoms with Crippen molar-refractivity contribution < 1.29 is 14.6 Å². The Morgan fingerprint density at radius 3 is 2.28 bits per heavy atom. The molecule has 0 aliphatic rings. The summed E-state index contributed by atoms with van der Waals surface area (Å²) in [4.78, 5) is 0. The topological polar surface area (TPSA) is 50.7 Å². The Kier molecular flexibility index (Phi) is 6.90. The summed E-state index contributed by atoms with van der Waals surface area (Å²) in [6.45, 7) is 2.06. The van der Waals surface area contributed by atoms with Gasteiger partial charge < -0.3 is 19.9 Å². The smallest absolute Gasteiger partial charge is 0.171 e. The van der Waals surface area contributed by atoms with E-state index in [1.807, 2.05) is 25.1 Å². The molecule has 102 valence electrons. The van der Waals surface area contributed by atoms with Gasteiger partial charge in [0, 0.05) is 20.3 Å². The van der Waals surface area contributed by atoms with Crippen LogP contribution < -0.4 is 5.32 Å². The van der Waals surface area contributed by atoms with Crippen LogP contribution in [-0.2, 0) is 15.9 Å². The van der Waals surface area contributed by atoms with E-state index in [-0.39, 0.29) is 25.0 Å². The van der Waals surface area contributed by atoms with Crippen molar-refractivity contribution in [1.29, 1.82) is 0 Å². The van der Waals surface area contributed by atoms with Crippen molar-refractivity contribution in [2.24, 2.45) is 0 Å². The minimum Gasteiger partial charge on any atom is -0.395 e. The monoisotopic (exact) mass is 253 g/mol. The average molecular weight is 253 g/mol. The normalized spacial score (nSPS) is 14.7. The van der Waals surface area contributed by atoms with Gasteiger partial charge in [-0.05, 0) is 18.9 Å². The Labute approximate surface area is 109 Å². The van der Waals surface area contributed by atoms with Gasteiger partial charge in [-0.15, -0.1) is 0 Å². The molecule has 1 aromatic rings. The Morgan fingerprint density at radius 1 is 1.17 bits per heavy atom. The van der Waals surface area contributed by atoms with Gasteiger partial charge in [0.1, 0.15) is 0 Å². The van der Waals surface area contributed by atoms with Gasteiger partial charge >= 0.3 is 0 Å². The van der Waals surface area contributed by atoms with Gasteiger partial charge in [-0.3, -0.25) is 0 Å². The molecular weight excluding hydrogens is 230 g/mol. The van der Waals surface area contributed by atoms with Crippen molar-refractivity contribution in [2.45, 2.75) is 31.7 Å². The van der Waals surface area contributed by atoms with Crippen LogP contribution in [0.2, 0.25) is 0 Å². The van der Waals surface area contributed by atoms with Gasteiger partial charge in [-0.2, -0.15) is 0 Å². The van der Waals surface area contributed by atoms with Crippen LogP contribution in [0.15, 0.2) is 30.3 Å². The molecule has 0 aliphatic heterocycles. The third kappa shape index (κ3) is 4.74. The lowest BCUT2D eigenvalue weighted by Gasteiger charge is -2.26. The molecule has 0 aliphatic carbocycles. The van der Waals surface area contributed by atoms with Crippen molar-refractivity contribution in [3.05, 3.63) is 35.9 Å². The molecule has 0 heterocycles. The fourth-order valence-electron chi connectivity index (χ4n) is 2.03. The number of hydrogen-bond acceptors (Lipinski definition) is 4. The molecule has 0 saturated carbocycles. The molecule has 4 nitrogen and oxygen atoms in total. The molecule has 18 heavy (non-hydrogen) atoms. The van der Waals surface area contributed by atoms with Crippen molar-refractivity contribution in [3.63, 3.8) is 0 Å². The first-order valence-corrected chi connectivity index (χ1v) is 6.17. The van der Waals surface area contributed by atoms with E-state index in [9.17, 15) is 5.11 Å². The van der Waals surface area contributed by atoms with E-state index in [4.69, 9.17) is 9.47 Å². The van der Waals surface area contributed by atoms with Crippen LogP contribution in [0, 0.1) is 0 Å². The second-order valence-corrected chi connectivity index (χ2v) is 4.36. The summed E-state index contributed by atoms with van der Waals surface area (Å²) in [5, 5.41) is 12.7. The summed E-state index contributed by atoms with van der Waals surface area (Å²) in [6, 6.07) is 10.1. The van der Waals surface area contributed by atoms with Crippen LogP contribution >= 0.6 is 0 Å². The zero-order chi connectivity index (χ0) is 13.4. The van der Waals surface area contributed by atoms with Gasteiger partial charge in [0.25, 0.3) is 0 Å². The summed E-state index contributed by atoms with van der Waals surface area (Å²) in [5.41, 5.74) is 1.20. The minimum atomic E-state index is -0.310. The highest BCUT2D eigenvalue weighted by Gasteiger charge is 2.19. The lowest BCUT2D eigenvalue weighted by Crippen LogP contribution is -2.47. The molecule has 1 unspecified atom stereocenters. The Morgan fingerprint density at radius 2 is 1.78 bits per heavy atom. The molecule has 4 heteroatoms. The minimum absolute atomic E-state index is 0.00444. The van der Waals surface area contributed by atoms with E-state index in [1.165, 1.54) is 5.56 Å². The number of aliphatic hydroxyl groups excluding tert-OH is 1. The van der Waals surface area contributed by atoms with Crippen molar-refractivity contribution in [3.8, 4) is 0 Å². The average Bonchev–Trinajstić information content (AvgIpc) is 2.40. The molecule has 0 fully saturated rings. The molecule has 2 N–H and O–H groups in total. The second-order valence-electron chi connectivity index (χ2n) is 4.36. The van der Waals surface area contributed by atoms with E-state index < -0.39 is 0 Å². The fraction of sp³-hybridized carbons (Fsp3) is 0.571. The lowest BCUT2D eigenvalue weighted by molar-refractivity contribution is -0.121. The van der Waals surface area contributed by atoms with E-state index in [0.29, 0.717) is 0 Å². The second kappa shape index (κ2) is 8.21. The number of methoxy groups -OCH3 is 2. The van der Waals surface area contributed by atoms with Crippen LogP contribution in [0.25, 0.3) is 0 Å². The Balaban J connectivity index is 2.51. The molecule has 0 amide bonds. The first-order chi connectivity index (χ1) is 8.71. The molecule has 0 aromatic heterocycles. The van der Waals surface area contributed by atoms with E-state index in [0.717, 1.165) is 6.42 Å². The van der Waals surface area contributed by atoms with Gasteiger partial charge in [-0.25, -0.2) is 0 Å². The largest absolute Gasteiger partial charge is 0.395 e. The molecule has 0 spiro atoms. The van der Waals surface area contributed by atoms with E-state index in [2.05, 4.69) is 17.4 Å². The van der Waals surface area contributed by atoms with Gasteiger partial charge in [0.15, 0.2) is 6.29 Å². The standard InChI is InChI=1S/C14H23NO3/c1-11(14(17-2)18-3)15-13(10-16)9-12-7-5-4-6-8-12/h4-8,11,13-16H,9-10H2,1-3H3/t11?,13-/m1/s1. The molecule has 0 saturated heterocycles. The van der Waals surface area contributed by atoms with Crippen LogP contribution in [-0.4, -0.2) is 44.3 Å². The molecular formula is C14H23NO3. The maximum atomic E-state index is 9.42. The third-order valence-electron chi connectivity index (χ3n) is 2.92. The number of aliphatic hydroxyl groups is 1. The summed E-state index contributed by atoms with van der Waals surface area (Å²) in [6.07, 6.45) is 0.469. The van der Waals surface area contributed by atoms with Crippen LogP contribution in [0.3, 0.4) is 0 Å². The van der Waals surface area contributed by atoms with Crippen LogP contribution in [0.1, 0.15) is 12.5 Å². The molecule has 2 atom stereocenters. The van der Waals surface area contributed by atoms with Crippen molar-refractivity contribution in [1.82, 2.24) is 5.32 Å². The predicted octanol–water partition coefficient (Wildman–Crippen LogP) is 1.19. The van der Waals surface area contributed by atoms with Crippen LogP contribution in [0.5, 0.6) is 0 Å². The Bertz CT molecular complexity index is 314. The highest BCUT2D eigenvalue weighted by Crippen LogP contribution is 2.06. The molecule has 0 radical (unpaired) electrons. The number of rotatable bonds is 8. The SMILES string of the molecule is COC(OC)C(C)N[C@@H](CO)Cc1ccccc1. The predicted molar refractivity (Wildman–Crippen MR) is 71.4 cm³/mol. The Hall–Kier alpha value is -0.940. The lowest BCUT2D eigenvalue weighted by atomic mass is 10.1. The van der Waals surface area contributed by atoms with Gasteiger partial charge in [0.05, 0.1) is 12.6 Å². The molecule has 1 rings (SSSR count). The first-order valence-electron chi connectivity index (χ1n) is 6.17. The third-order valence-corrected chi connectivity index (χ3v) is 2.92. The number of ether oxygens (including phenoxy) is 2. The molecule has 0 bridgehead atoms. The first kappa shape index (κ1) is 15.1. The summed E-state index contributed by atoms with van der Waals surface area (Å²) in [7, 11) is 3.22. The van der Waals surface area contributed by atoms with Crippen molar-refractivity contribution >= 4 is 0 Å². The maximum Gasteiger partial charge on any atom is 0.171 e. The molecule has 1 aromatic carbocycles. The summed E-state index contributed by atoms with van der Waals surface area (Å²) < 4.78 is 10.4. The van der Waals surface area contributed by atoms with E-state index >= 15 is 0 Å². The highest BCUT2D eigenvalue weighted by molar-refractivity contribution is 5.15. The van der Waals surface area contributed by atoms with E-state index in [1.54, 1.807) is 14.2 Å². The van der Waals surface area contributed by atoms with Crippen LogP contribution in [0.4, 0.5) is 0 Å². The van der Waals surface area contributed by atoms with Gasteiger partial charge in [0.2, 0.25) is 0 Å². The number of hydrogen-bond donors (Lipinski definition) is 2. The summed E-state index contributed by atoms with van der Waals surface area (Å²) in [5.74, 6) is 0. The number of nitrogens with one attached hydrogen (secondary N) is 1. The zero-order valence-electron chi connectivity index (χ0n) is 11.3. The maximum absolute atomic E-state index is 9.42. The fourth-order valence-corrected chi connectivity index (χ4v) is 2.03. The van der Waals surface area contributed by atoms with Gasteiger partial charge in [-0.1, -0.05) is 30.3 Å². The number of benzene rings is 1. The van der Waals surface area contributed by atoms with Crippen molar-refractivity contribution in [2.75, 3.05) is 20.8 Å².